The number of hydrogen-bond acceptors (Lipinski definition) is 4. The van der Waals surface area contributed by atoms with Crippen LogP contribution in [0.15, 0.2) is 58.6 Å². The number of aliphatic imine (C=N–C) groups is 1. The second-order valence-electron chi connectivity index (χ2n) is 4.03. The Hall–Kier alpha value is -1.98. The van der Waals surface area contributed by atoms with Gasteiger partial charge in [0.05, 0.1) is 11.9 Å². The van der Waals surface area contributed by atoms with Crippen LogP contribution in [0, 0.1) is 0 Å². The summed E-state index contributed by atoms with van der Waals surface area (Å²) in [6.07, 6.45) is 3.40. The van der Waals surface area contributed by atoms with E-state index in [9.17, 15) is 5.11 Å². The van der Waals surface area contributed by atoms with Crippen molar-refractivity contribution in [3.05, 3.63) is 59.1 Å². The quantitative estimate of drug-likeness (QED) is 0.510. The number of thioether (sulfide) groups is 1. The predicted octanol–water partition coefficient (Wildman–Crippen LogP) is 4.02. The predicted molar refractivity (Wildman–Crippen MR) is 90.9 cm³/mol. The fourth-order valence-corrected chi connectivity index (χ4v) is 2.04. The molecule has 4 nitrogen and oxygen atoms in total. The number of nitrogens with one attached hydrogen (secondary N) is 1. The molecule has 0 aliphatic heterocycles. The first-order valence-corrected chi connectivity index (χ1v) is 7.74. The maximum absolute atomic E-state index is 9.68. The number of phenolic OH excluding ortho intramolecular Hbond substituents is 1. The van der Waals surface area contributed by atoms with E-state index < -0.39 is 0 Å². The fraction of sp³-hybridized carbons (Fsp3) is 0.0667. The highest BCUT2D eigenvalue weighted by Crippen LogP contribution is 2.19. The van der Waals surface area contributed by atoms with E-state index in [1.807, 2.05) is 36.6 Å². The molecular weight excluding hydrogens is 306 g/mol. The lowest BCUT2D eigenvalue weighted by atomic mass is 10.2. The molecule has 0 bridgehead atoms. The Labute approximate surface area is 132 Å². The molecular formula is C15H14ClN3OS. The van der Waals surface area contributed by atoms with Crippen LogP contribution >= 0.6 is 23.4 Å². The van der Waals surface area contributed by atoms with Gasteiger partial charge in [-0.1, -0.05) is 41.6 Å². The molecule has 0 amide bonds. The van der Waals surface area contributed by atoms with Crippen LogP contribution in [0.3, 0.4) is 0 Å². The molecule has 0 saturated heterocycles. The molecule has 0 aliphatic rings. The maximum Gasteiger partial charge on any atom is 0.182 e. The van der Waals surface area contributed by atoms with Crippen molar-refractivity contribution in [2.75, 3.05) is 6.26 Å². The highest BCUT2D eigenvalue weighted by Gasteiger charge is 1.99. The lowest BCUT2D eigenvalue weighted by Gasteiger charge is -2.03. The minimum atomic E-state index is 0.121. The summed E-state index contributed by atoms with van der Waals surface area (Å²) in [6.45, 7) is 0. The van der Waals surface area contributed by atoms with Gasteiger partial charge >= 0.3 is 0 Å². The Morgan fingerprint density at radius 1 is 1.24 bits per heavy atom. The monoisotopic (exact) mass is 319 g/mol. The standard InChI is InChI=1S/C15H14ClN3OS/c1-21-15(18-13-5-3-2-4-6-13)19-17-10-11-9-12(16)7-8-14(11)20/h2-10,20H,1H3,(H,18,19)/b17-10+. The lowest BCUT2D eigenvalue weighted by Crippen LogP contribution is -2.13. The SMILES string of the molecule is CSC(=Nc1ccccc1)N/N=C/c1cc(Cl)ccc1O. The number of para-hydroxylation sites is 1. The van der Waals surface area contributed by atoms with Crippen molar-refractivity contribution in [2.24, 2.45) is 10.1 Å². The molecule has 0 aliphatic carbocycles. The van der Waals surface area contributed by atoms with E-state index in [2.05, 4.69) is 15.5 Å². The summed E-state index contributed by atoms with van der Waals surface area (Å²) < 4.78 is 0. The van der Waals surface area contributed by atoms with Crippen LogP contribution in [-0.4, -0.2) is 22.7 Å². The van der Waals surface area contributed by atoms with Gasteiger partial charge in [-0.15, -0.1) is 0 Å². The van der Waals surface area contributed by atoms with E-state index in [0.29, 0.717) is 15.8 Å². The molecule has 0 unspecified atom stereocenters. The van der Waals surface area contributed by atoms with E-state index in [1.54, 1.807) is 12.1 Å². The summed E-state index contributed by atoms with van der Waals surface area (Å²) in [4.78, 5) is 4.41. The van der Waals surface area contributed by atoms with Gasteiger partial charge in [0.2, 0.25) is 0 Å². The largest absolute Gasteiger partial charge is 0.507 e. The number of nitrogens with zero attached hydrogens (tertiary/aromatic N) is 2. The minimum absolute atomic E-state index is 0.121. The zero-order chi connectivity index (χ0) is 15.1. The summed E-state index contributed by atoms with van der Waals surface area (Å²) in [5, 5.41) is 14.9. The van der Waals surface area contributed by atoms with Crippen molar-refractivity contribution < 1.29 is 5.11 Å². The van der Waals surface area contributed by atoms with Crippen LogP contribution in [0.1, 0.15) is 5.56 Å². The minimum Gasteiger partial charge on any atom is -0.507 e. The van der Waals surface area contributed by atoms with Gasteiger partial charge in [-0.05, 0) is 36.6 Å². The highest BCUT2D eigenvalue weighted by molar-refractivity contribution is 8.13. The van der Waals surface area contributed by atoms with Crippen LogP contribution in [0.25, 0.3) is 0 Å². The number of hydrogen-bond donors (Lipinski definition) is 2. The highest BCUT2D eigenvalue weighted by atomic mass is 35.5. The molecule has 0 aromatic heterocycles. The van der Waals surface area contributed by atoms with E-state index in [-0.39, 0.29) is 5.75 Å². The van der Waals surface area contributed by atoms with Crippen LogP contribution in [0.5, 0.6) is 5.75 Å². The average molecular weight is 320 g/mol. The summed E-state index contributed by atoms with van der Waals surface area (Å²) in [5.41, 5.74) is 4.22. The van der Waals surface area contributed by atoms with Crippen LogP contribution in [-0.2, 0) is 0 Å². The zero-order valence-electron chi connectivity index (χ0n) is 11.3. The summed E-state index contributed by atoms with van der Waals surface area (Å²) in [6, 6.07) is 14.4. The molecule has 2 aromatic carbocycles. The Kier molecular flexibility index (Phi) is 5.66. The first-order chi connectivity index (χ1) is 10.2. The third-order valence-corrected chi connectivity index (χ3v) is 3.34. The first-order valence-electron chi connectivity index (χ1n) is 6.14. The van der Waals surface area contributed by atoms with Gasteiger partial charge in [0.15, 0.2) is 5.17 Å². The van der Waals surface area contributed by atoms with Crippen molar-refractivity contribution in [1.82, 2.24) is 5.43 Å². The number of amidine groups is 1. The maximum atomic E-state index is 9.68. The number of aromatic hydroxyl groups is 1. The molecule has 6 heteroatoms. The van der Waals surface area contributed by atoms with Gasteiger partial charge in [0.1, 0.15) is 5.75 Å². The number of phenols is 1. The smallest absolute Gasteiger partial charge is 0.182 e. The Balaban J connectivity index is 2.08. The third kappa shape index (κ3) is 4.81. The van der Waals surface area contributed by atoms with E-state index in [4.69, 9.17) is 11.6 Å². The molecule has 2 rings (SSSR count). The fourth-order valence-electron chi connectivity index (χ4n) is 1.52. The van der Waals surface area contributed by atoms with Gasteiger partial charge < -0.3 is 5.11 Å². The summed E-state index contributed by atoms with van der Waals surface area (Å²) in [5.74, 6) is 0.121. The first kappa shape index (κ1) is 15.4. The normalized spacial score (nSPS) is 11.8. The molecule has 2 N–H and O–H groups in total. The third-order valence-electron chi connectivity index (χ3n) is 2.53. The number of benzene rings is 2. The van der Waals surface area contributed by atoms with Crippen LogP contribution < -0.4 is 5.43 Å². The molecule has 0 spiro atoms. The molecule has 21 heavy (non-hydrogen) atoms. The molecule has 0 radical (unpaired) electrons. The lowest BCUT2D eigenvalue weighted by molar-refractivity contribution is 0.474. The molecule has 0 heterocycles. The van der Waals surface area contributed by atoms with Gasteiger partial charge in [0.25, 0.3) is 0 Å². The van der Waals surface area contributed by atoms with E-state index in [0.717, 1.165) is 5.69 Å². The van der Waals surface area contributed by atoms with Crippen molar-refractivity contribution >= 4 is 40.4 Å². The average Bonchev–Trinajstić information content (AvgIpc) is 2.50. The molecule has 0 fully saturated rings. The zero-order valence-corrected chi connectivity index (χ0v) is 12.9. The van der Waals surface area contributed by atoms with Gasteiger partial charge in [-0.25, -0.2) is 4.99 Å². The summed E-state index contributed by atoms with van der Waals surface area (Å²) in [7, 11) is 0. The molecule has 0 saturated carbocycles. The van der Waals surface area contributed by atoms with E-state index in [1.165, 1.54) is 24.0 Å². The second-order valence-corrected chi connectivity index (χ2v) is 5.26. The van der Waals surface area contributed by atoms with E-state index >= 15 is 0 Å². The molecule has 0 atom stereocenters. The summed E-state index contributed by atoms with van der Waals surface area (Å²) >= 11 is 7.32. The molecule has 2 aromatic rings. The Morgan fingerprint density at radius 3 is 2.71 bits per heavy atom. The van der Waals surface area contributed by atoms with Gasteiger partial charge in [-0.2, -0.15) is 5.10 Å². The van der Waals surface area contributed by atoms with Gasteiger partial charge in [-0.3, -0.25) is 5.43 Å². The number of rotatable bonds is 3. The van der Waals surface area contributed by atoms with Crippen LogP contribution in [0.4, 0.5) is 5.69 Å². The van der Waals surface area contributed by atoms with Crippen molar-refractivity contribution in [3.8, 4) is 5.75 Å². The van der Waals surface area contributed by atoms with Gasteiger partial charge in [0, 0.05) is 10.6 Å². The second kappa shape index (κ2) is 7.71. The molecule has 108 valence electrons. The van der Waals surface area contributed by atoms with Crippen LogP contribution in [0.2, 0.25) is 5.02 Å². The Bertz CT molecular complexity index is 659. The van der Waals surface area contributed by atoms with Crippen molar-refractivity contribution in [3.63, 3.8) is 0 Å². The Morgan fingerprint density at radius 2 is 2.00 bits per heavy atom. The van der Waals surface area contributed by atoms with Crippen molar-refractivity contribution in [1.29, 1.82) is 0 Å². The number of hydrazone groups is 1. The van der Waals surface area contributed by atoms with Crippen molar-refractivity contribution in [2.45, 2.75) is 0 Å². The topological polar surface area (TPSA) is 57.0 Å². The number of halogens is 1.